The molecule has 3 aromatic heterocycles. The molecule has 0 radical (unpaired) electrons. The molecule has 0 aliphatic heterocycles. The number of hydrogen-bond donors (Lipinski definition) is 0. The van der Waals surface area contributed by atoms with E-state index in [1.807, 2.05) is 46.8 Å². The van der Waals surface area contributed by atoms with Crippen LogP contribution in [0, 0.1) is 38.0 Å². The largest absolute Gasteiger partial charge is 0.309 e. The molecule has 166 valence electrons. The fourth-order valence-corrected chi connectivity index (χ4v) is 4.09. The Bertz CT molecular complexity index is 1580. The molecule has 0 saturated heterocycles. The van der Waals surface area contributed by atoms with E-state index in [1.54, 1.807) is 29.0 Å². The number of fused-ring (bicyclic) bond motifs is 2. The van der Waals surface area contributed by atoms with E-state index >= 15 is 0 Å². The van der Waals surface area contributed by atoms with Gasteiger partial charge >= 0.3 is 0 Å². The Labute approximate surface area is 191 Å². The predicted octanol–water partition coefficient (Wildman–Crippen LogP) is 3.84. The van der Waals surface area contributed by atoms with Crippen molar-refractivity contribution in [2.75, 3.05) is 0 Å². The van der Waals surface area contributed by atoms with Gasteiger partial charge in [-0.15, -0.1) is 0 Å². The van der Waals surface area contributed by atoms with E-state index < -0.39 is 5.91 Å². The van der Waals surface area contributed by atoms with E-state index in [-0.39, 0.29) is 22.5 Å². The van der Waals surface area contributed by atoms with Crippen LogP contribution in [0.15, 0.2) is 52.4 Å². The van der Waals surface area contributed by atoms with Gasteiger partial charge in [-0.3, -0.25) is 14.0 Å². The summed E-state index contributed by atoms with van der Waals surface area (Å²) in [4.78, 5) is 35.5. The minimum atomic E-state index is -0.441. The summed E-state index contributed by atoms with van der Waals surface area (Å²) in [5, 5.41) is 10.2. The third-order valence-corrected chi connectivity index (χ3v) is 5.45. The molecule has 4 rings (SSSR count). The van der Waals surface area contributed by atoms with Gasteiger partial charge in [0.2, 0.25) is 0 Å². The van der Waals surface area contributed by atoms with Crippen molar-refractivity contribution in [3.8, 4) is 6.07 Å². The summed E-state index contributed by atoms with van der Waals surface area (Å²) in [6.07, 6.45) is 1.66. The van der Waals surface area contributed by atoms with Crippen molar-refractivity contribution in [2.24, 2.45) is 10.9 Å². The number of nitriles is 1. The highest BCUT2D eigenvalue weighted by molar-refractivity contribution is 5.95. The van der Waals surface area contributed by atoms with Gasteiger partial charge in [0.05, 0.1) is 10.9 Å². The number of pyridine rings is 2. The number of rotatable bonds is 3. The smallest absolute Gasteiger partial charge is 0.279 e. The number of carbonyl (C=O) groups excluding carboxylic acids is 1. The van der Waals surface area contributed by atoms with Crippen molar-refractivity contribution in [3.05, 3.63) is 86.3 Å². The molecule has 1 aromatic carbocycles. The second-order valence-corrected chi connectivity index (χ2v) is 8.83. The van der Waals surface area contributed by atoms with Gasteiger partial charge in [-0.25, -0.2) is 4.98 Å². The lowest BCUT2D eigenvalue weighted by atomic mass is 10.1. The highest BCUT2D eigenvalue weighted by atomic mass is 16.1. The van der Waals surface area contributed by atoms with Gasteiger partial charge < -0.3 is 4.57 Å². The summed E-state index contributed by atoms with van der Waals surface area (Å²) in [6, 6.07) is 12.8. The fraction of sp³-hybridized carbons (Fsp3) is 0.269. The molecule has 7 heteroatoms. The summed E-state index contributed by atoms with van der Waals surface area (Å²) >= 11 is 0. The summed E-state index contributed by atoms with van der Waals surface area (Å²) in [7, 11) is 0. The van der Waals surface area contributed by atoms with Crippen molar-refractivity contribution in [1.82, 2.24) is 14.0 Å². The summed E-state index contributed by atoms with van der Waals surface area (Å²) in [5.41, 5.74) is 4.27. The number of amides is 1. The van der Waals surface area contributed by atoms with Gasteiger partial charge in [-0.2, -0.15) is 10.3 Å². The molecule has 0 N–H and O–H groups in total. The normalized spacial score (nSPS) is 12.0. The molecule has 3 heterocycles. The number of aromatic nitrogens is 3. The van der Waals surface area contributed by atoms with Crippen LogP contribution in [0.25, 0.3) is 16.7 Å². The van der Waals surface area contributed by atoms with Crippen molar-refractivity contribution in [2.45, 2.75) is 41.2 Å². The van der Waals surface area contributed by atoms with Crippen LogP contribution in [-0.2, 0) is 6.54 Å². The van der Waals surface area contributed by atoms with Crippen molar-refractivity contribution in [3.63, 3.8) is 0 Å². The predicted molar refractivity (Wildman–Crippen MR) is 127 cm³/mol. The number of aryl methyl sites for hydroxylation is 3. The Morgan fingerprint density at radius 3 is 2.45 bits per heavy atom. The Hall–Kier alpha value is -4.05. The van der Waals surface area contributed by atoms with Crippen molar-refractivity contribution >= 4 is 22.6 Å². The zero-order valence-corrected chi connectivity index (χ0v) is 19.4. The van der Waals surface area contributed by atoms with Gasteiger partial charge in [0, 0.05) is 18.3 Å². The number of hydrogen-bond acceptors (Lipinski definition) is 4. The van der Waals surface area contributed by atoms with Crippen LogP contribution >= 0.6 is 0 Å². The molecule has 33 heavy (non-hydrogen) atoms. The Morgan fingerprint density at radius 2 is 1.82 bits per heavy atom. The minimum Gasteiger partial charge on any atom is -0.309 e. The summed E-state index contributed by atoms with van der Waals surface area (Å²) in [6.45, 7) is 10.2. The number of nitrogens with zero attached hydrogens (tertiary/aromatic N) is 5. The standard InChI is InChI=1S/C26H25N5O2/c1-15(2)14-31-23(29-25(32)19-10-16(3)9-17(4)11-19)20(13-27)12-21-24(31)28-22-18(5)7-6-8-30(22)26(21)33/h6-12,15H,14H2,1-5H3. The molecule has 0 spiro atoms. The van der Waals surface area contributed by atoms with E-state index in [9.17, 15) is 14.9 Å². The second-order valence-electron chi connectivity index (χ2n) is 8.83. The van der Waals surface area contributed by atoms with Crippen LogP contribution in [0.4, 0.5) is 0 Å². The number of carbonyl (C=O) groups is 1. The van der Waals surface area contributed by atoms with Crippen molar-refractivity contribution < 1.29 is 4.79 Å². The lowest BCUT2D eigenvalue weighted by Crippen LogP contribution is -2.31. The van der Waals surface area contributed by atoms with E-state index in [0.717, 1.165) is 16.7 Å². The molecule has 0 fully saturated rings. The first-order chi connectivity index (χ1) is 15.7. The van der Waals surface area contributed by atoms with E-state index in [0.29, 0.717) is 28.8 Å². The average Bonchev–Trinajstić information content (AvgIpc) is 2.75. The molecule has 1 amide bonds. The highest BCUT2D eigenvalue weighted by Gasteiger charge is 2.17. The molecule has 0 aliphatic rings. The lowest BCUT2D eigenvalue weighted by molar-refractivity contribution is 0.0996. The molecule has 0 saturated carbocycles. The summed E-state index contributed by atoms with van der Waals surface area (Å²) in [5.74, 6) is -0.279. The van der Waals surface area contributed by atoms with Gasteiger partial charge in [0.1, 0.15) is 17.4 Å². The molecule has 0 aliphatic carbocycles. The number of benzene rings is 1. The van der Waals surface area contributed by atoms with Crippen LogP contribution in [-0.4, -0.2) is 19.9 Å². The van der Waals surface area contributed by atoms with Crippen molar-refractivity contribution in [1.29, 1.82) is 5.26 Å². The first-order valence-electron chi connectivity index (χ1n) is 10.8. The lowest BCUT2D eigenvalue weighted by Gasteiger charge is -2.15. The first-order valence-corrected chi connectivity index (χ1v) is 10.8. The maximum Gasteiger partial charge on any atom is 0.279 e. The second kappa shape index (κ2) is 8.47. The maximum absolute atomic E-state index is 13.3. The summed E-state index contributed by atoms with van der Waals surface area (Å²) < 4.78 is 3.21. The fourth-order valence-electron chi connectivity index (χ4n) is 4.09. The van der Waals surface area contributed by atoms with Gasteiger partial charge in [-0.1, -0.05) is 37.1 Å². The van der Waals surface area contributed by atoms with Gasteiger partial charge in [0.15, 0.2) is 5.49 Å². The molecule has 0 atom stereocenters. The average molecular weight is 440 g/mol. The third-order valence-electron chi connectivity index (χ3n) is 5.45. The maximum atomic E-state index is 13.3. The molecule has 0 unspecified atom stereocenters. The molecule has 0 bridgehead atoms. The first kappa shape index (κ1) is 22.2. The Balaban J connectivity index is 2.13. The molecular weight excluding hydrogens is 414 g/mol. The van der Waals surface area contributed by atoms with E-state index in [1.165, 1.54) is 10.5 Å². The minimum absolute atomic E-state index is 0.160. The molecular formula is C26H25N5O2. The van der Waals surface area contributed by atoms with Crippen LogP contribution < -0.4 is 11.0 Å². The topological polar surface area (TPSA) is 92.5 Å². The van der Waals surface area contributed by atoms with Crippen LogP contribution in [0.3, 0.4) is 0 Å². The van der Waals surface area contributed by atoms with Crippen LogP contribution in [0.2, 0.25) is 0 Å². The van der Waals surface area contributed by atoms with Crippen LogP contribution in [0.5, 0.6) is 0 Å². The van der Waals surface area contributed by atoms with Gasteiger partial charge in [0.25, 0.3) is 11.5 Å². The van der Waals surface area contributed by atoms with E-state index in [4.69, 9.17) is 4.98 Å². The quantitative estimate of drug-likeness (QED) is 0.453. The van der Waals surface area contributed by atoms with E-state index in [2.05, 4.69) is 11.1 Å². The zero-order chi connectivity index (χ0) is 23.9. The van der Waals surface area contributed by atoms with Gasteiger partial charge in [-0.05, 0) is 56.5 Å². The Morgan fingerprint density at radius 1 is 1.12 bits per heavy atom. The van der Waals surface area contributed by atoms with Crippen LogP contribution in [0.1, 0.15) is 46.5 Å². The Kier molecular flexibility index (Phi) is 5.69. The highest BCUT2D eigenvalue weighted by Crippen LogP contribution is 2.15. The third kappa shape index (κ3) is 4.08. The molecule has 4 aromatic rings. The molecule has 7 nitrogen and oxygen atoms in total. The SMILES string of the molecule is Cc1cc(C)cc(C(=O)N=c2c(C#N)cc3c(=O)n4cccc(C)c4nc3n2CC(C)C)c1. The monoisotopic (exact) mass is 439 g/mol. The zero-order valence-electron chi connectivity index (χ0n) is 19.4.